The third-order valence-electron chi connectivity index (χ3n) is 4.12. The molecule has 2 heterocycles. The molecule has 0 aliphatic carbocycles. The minimum absolute atomic E-state index is 0.222. The fourth-order valence-electron chi connectivity index (χ4n) is 2.75. The van der Waals surface area contributed by atoms with Gasteiger partial charge in [0, 0.05) is 32.2 Å². The summed E-state index contributed by atoms with van der Waals surface area (Å²) in [4.78, 5) is 18.1. The zero-order chi connectivity index (χ0) is 18.1. The normalized spacial score (nSPS) is 16.0. The summed E-state index contributed by atoms with van der Waals surface area (Å²) in [6.07, 6.45) is 3.24. The number of aryl methyl sites for hydroxylation is 1. The van der Waals surface area contributed by atoms with E-state index in [2.05, 4.69) is 32.7 Å². The molecule has 1 aromatic rings. The number of hydrogen-bond donors (Lipinski definition) is 2. The molecule has 0 saturated carbocycles. The van der Waals surface area contributed by atoms with Crippen LogP contribution >= 0.6 is 0 Å². The van der Waals surface area contributed by atoms with Crippen LogP contribution < -0.4 is 10.6 Å². The van der Waals surface area contributed by atoms with Crippen LogP contribution in [0.5, 0.6) is 0 Å². The molecule has 1 saturated heterocycles. The largest absolute Gasteiger partial charge is 0.450 e. The summed E-state index contributed by atoms with van der Waals surface area (Å²) < 4.78 is 7.03. The second-order valence-electron chi connectivity index (χ2n) is 5.83. The molecule has 1 aromatic heterocycles. The van der Waals surface area contributed by atoms with Gasteiger partial charge in [-0.3, -0.25) is 0 Å². The molecule has 0 atom stereocenters. The lowest BCUT2D eigenvalue weighted by Crippen LogP contribution is -2.49. The van der Waals surface area contributed by atoms with E-state index in [4.69, 9.17) is 4.74 Å². The summed E-state index contributed by atoms with van der Waals surface area (Å²) >= 11 is 0. The highest BCUT2D eigenvalue weighted by Crippen LogP contribution is 2.11. The highest BCUT2D eigenvalue weighted by atomic mass is 16.6. The molecule has 1 amide bonds. The van der Waals surface area contributed by atoms with Gasteiger partial charge in [0.25, 0.3) is 0 Å². The molecule has 1 aliphatic heterocycles. The second kappa shape index (κ2) is 9.85. The number of nitrogens with zero attached hydrogens (tertiary/aromatic N) is 5. The number of ether oxygens (including phenoxy) is 1. The average Bonchev–Trinajstić information content (AvgIpc) is 3.08. The molecule has 140 valence electrons. The van der Waals surface area contributed by atoms with Crippen molar-refractivity contribution in [3.63, 3.8) is 0 Å². The van der Waals surface area contributed by atoms with Crippen molar-refractivity contribution in [3.8, 4) is 0 Å². The Morgan fingerprint density at radius 3 is 2.76 bits per heavy atom. The van der Waals surface area contributed by atoms with Gasteiger partial charge in [-0.15, -0.1) is 10.2 Å². The maximum atomic E-state index is 11.8. The smallest absolute Gasteiger partial charge is 0.409 e. The Bertz CT molecular complexity index is 565. The molecule has 1 aliphatic rings. The highest BCUT2D eigenvalue weighted by molar-refractivity contribution is 5.80. The van der Waals surface area contributed by atoms with Crippen molar-refractivity contribution in [2.24, 2.45) is 4.99 Å². The van der Waals surface area contributed by atoms with Gasteiger partial charge in [-0.2, -0.15) is 0 Å². The van der Waals surface area contributed by atoms with Crippen molar-refractivity contribution >= 4 is 12.1 Å². The zero-order valence-corrected chi connectivity index (χ0v) is 15.4. The van der Waals surface area contributed by atoms with E-state index in [0.29, 0.717) is 26.2 Å². The van der Waals surface area contributed by atoms with Crippen LogP contribution in [0.4, 0.5) is 4.79 Å². The van der Waals surface area contributed by atoms with Gasteiger partial charge in [-0.1, -0.05) is 0 Å². The first-order chi connectivity index (χ1) is 12.2. The molecule has 2 rings (SSSR count). The Morgan fingerprint density at radius 2 is 2.12 bits per heavy atom. The second-order valence-corrected chi connectivity index (χ2v) is 5.83. The molecular weight excluding hydrogens is 322 g/mol. The summed E-state index contributed by atoms with van der Waals surface area (Å²) in [6, 6.07) is 0.285. The van der Waals surface area contributed by atoms with Crippen molar-refractivity contribution < 1.29 is 9.53 Å². The fourth-order valence-corrected chi connectivity index (χ4v) is 2.75. The maximum absolute atomic E-state index is 11.8. The lowest BCUT2D eigenvalue weighted by atomic mass is 10.1. The quantitative estimate of drug-likeness (QED) is 0.586. The third-order valence-corrected chi connectivity index (χ3v) is 4.12. The summed E-state index contributed by atoms with van der Waals surface area (Å²) in [7, 11) is 0. The van der Waals surface area contributed by atoms with Crippen molar-refractivity contribution in [1.29, 1.82) is 0 Å². The van der Waals surface area contributed by atoms with Crippen LogP contribution in [0.25, 0.3) is 0 Å². The first-order valence-electron chi connectivity index (χ1n) is 9.01. The summed E-state index contributed by atoms with van der Waals surface area (Å²) in [5.74, 6) is 1.61. The molecule has 9 heteroatoms. The molecular formula is C16H29N7O2. The van der Waals surface area contributed by atoms with Crippen LogP contribution in [0.15, 0.2) is 11.3 Å². The molecule has 0 aromatic carbocycles. The Hall–Kier alpha value is -2.32. The molecule has 0 radical (unpaired) electrons. The number of likely N-dealkylation sites (tertiary alicyclic amines) is 1. The molecule has 0 unspecified atom stereocenters. The molecule has 2 N–H and O–H groups in total. The van der Waals surface area contributed by atoms with Crippen molar-refractivity contribution in [1.82, 2.24) is 30.3 Å². The first kappa shape index (κ1) is 19.0. The molecule has 25 heavy (non-hydrogen) atoms. The van der Waals surface area contributed by atoms with E-state index >= 15 is 0 Å². The van der Waals surface area contributed by atoms with Gasteiger partial charge in [0.05, 0.1) is 6.61 Å². The number of guanidine groups is 1. The van der Waals surface area contributed by atoms with Crippen LogP contribution in [-0.2, 0) is 17.8 Å². The Kier molecular flexibility index (Phi) is 7.49. The van der Waals surface area contributed by atoms with Crippen molar-refractivity contribution in [2.75, 3.05) is 26.2 Å². The Balaban J connectivity index is 1.87. The van der Waals surface area contributed by atoms with E-state index in [1.54, 1.807) is 11.2 Å². The van der Waals surface area contributed by atoms with Gasteiger partial charge in [0.1, 0.15) is 12.9 Å². The van der Waals surface area contributed by atoms with Gasteiger partial charge >= 0.3 is 6.09 Å². The topological polar surface area (TPSA) is 96.7 Å². The molecule has 1 fully saturated rings. The van der Waals surface area contributed by atoms with Crippen LogP contribution in [0.1, 0.15) is 39.4 Å². The minimum Gasteiger partial charge on any atom is -0.450 e. The number of aliphatic imine (C=N–C) groups is 1. The lowest BCUT2D eigenvalue weighted by molar-refractivity contribution is 0.0963. The number of carbonyl (C=O) groups excluding carboxylic acids is 1. The van der Waals surface area contributed by atoms with E-state index in [1.807, 2.05) is 18.4 Å². The predicted octanol–water partition coefficient (Wildman–Crippen LogP) is 0.974. The van der Waals surface area contributed by atoms with Gasteiger partial charge in [-0.05, 0) is 33.6 Å². The SMILES string of the molecule is CCNC(=NCc1nncn1CC)NC1CCN(C(=O)OCC)CC1. The summed E-state index contributed by atoms with van der Waals surface area (Å²) in [5.41, 5.74) is 0. The predicted molar refractivity (Wildman–Crippen MR) is 95.3 cm³/mol. The number of carbonyl (C=O) groups is 1. The molecule has 0 spiro atoms. The Morgan fingerprint density at radius 1 is 1.36 bits per heavy atom. The minimum atomic E-state index is -0.222. The first-order valence-corrected chi connectivity index (χ1v) is 9.01. The molecule has 0 bridgehead atoms. The summed E-state index contributed by atoms with van der Waals surface area (Å²) in [6.45, 7) is 9.81. The third kappa shape index (κ3) is 5.61. The fraction of sp³-hybridized carbons (Fsp3) is 0.750. The number of piperidine rings is 1. The standard InChI is InChI=1S/C16H29N7O2/c1-4-17-15(18-11-14-21-19-12-22(14)5-2)20-13-7-9-23(10-8-13)16(24)25-6-3/h12-13H,4-11H2,1-3H3,(H2,17,18,20). The number of aromatic nitrogens is 3. The number of rotatable bonds is 6. The van der Waals surface area contributed by atoms with E-state index in [-0.39, 0.29) is 12.1 Å². The van der Waals surface area contributed by atoms with E-state index < -0.39 is 0 Å². The zero-order valence-electron chi connectivity index (χ0n) is 15.4. The Labute approximate surface area is 148 Å². The number of amides is 1. The monoisotopic (exact) mass is 351 g/mol. The van der Waals surface area contributed by atoms with Crippen LogP contribution in [0.2, 0.25) is 0 Å². The van der Waals surface area contributed by atoms with Crippen molar-refractivity contribution in [2.45, 2.75) is 52.7 Å². The maximum Gasteiger partial charge on any atom is 0.409 e. The lowest BCUT2D eigenvalue weighted by Gasteiger charge is -2.32. The van der Waals surface area contributed by atoms with Gasteiger partial charge in [0.15, 0.2) is 11.8 Å². The van der Waals surface area contributed by atoms with Gasteiger partial charge < -0.3 is 24.8 Å². The van der Waals surface area contributed by atoms with E-state index in [1.165, 1.54) is 0 Å². The number of nitrogens with one attached hydrogen (secondary N) is 2. The molecule has 9 nitrogen and oxygen atoms in total. The summed E-state index contributed by atoms with van der Waals surface area (Å²) in [5, 5.41) is 14.7. The van der Waals surface area contributed by atoms with Crippen LogP contribution in [0, 0.1) is 0 Å². The number of hydrogen-bond acceptors (Lipinski definition) is 5. The highest BCUT2D eigenvalue weighted by Gasteiger charge is 2.24. The van der Waals surface area contributed by atoms with Crippen LogP contribution in [-0.4, -0.2) is 64.0 Å². The average molecular weight is 351 g/mol. The van der Waals surface area contributed by atoms with Gasteiger partial charge in [0.2, 0.25) is 0 Å². The van der Waals surface area contributed by atoms with Crippen LogP contribution in [0.3, 0.4) is 0 Å². The van der Waals surface area contributed by atoms with Gasteiger partial charge in [-0.25, -0.2) is 9.79 Å². The van der Waals surface area contributed by atoms with Crippen molar-refractivity contribution in [3.05, 3.63) is 12.2 Å². The van der Waals surface area contributed by atoms with E-state index in [9.17, 15) is 4.79 Å². The van der Waals surface area contributed by atoms with E-state index in [0.717, 1.165) is 37.7 Å².